The Morgan fingerprint density at radius 1 is 1.07 bits per heavy atom. The number of urea groups is 1. The van der Waals surface area contributed by atoms with Gasteiger partial charge in [-0.05, 0) is 50.3 Å². The topological polar surface area (TPSA) is 129 Å². The quantitative estimate of drug-likeness (QED) is 0.415. The van der Waals surface area contributed by atoms with E-state index < -0.39 is 30.6 Å². The molecule has 0 unspecified atom stereocenters. The number of benzene rings is 1. The molecule has 0 aliphatic carbocycles. The predicted molar refractivity (Wildman–Crippen MR) is 112 cm³/mol. The average molecular weight is 424 g/mol. The summed E-state index contributed by atoms with van der Waals surface area (Å²) in [5.41, 5.74) is 6.06. The van der Waals surface area contributed by atoms with Crippen LogP contribution in [0.1, 0.15) is 39.7 Å². The van der Waals surface area contributed by atoms with E-state index in [2.05, 4.69) is 10.6 Å². The van der Waals surface area contributed by atoms with E-state index in [0.29, 0.717) is 44.1 Å². The number of nitrogens with two attached hydrogens (primary N) is 1. The largest absolute Gasteiger partial charge is 0.490 e. The third-order valence-corrected chi connectivity index (χ3v) is 4.00. The van der Waals surface area contributed by atoms with Crippen molar-refractivity contribution >= 4 is 17.9 Å². The van der Waals surface area contributed by atoms with Crippen molar-refractivity contribution in [3.63, 3.8) is 0 Å². The third kappa shape index (κ3) is 9.49. The van der Waals surface area contributed by atoms with Gasteiger partial charge in [0.05, 0.1) is 13.2 Å². The molecule has 1 atom stereocenters. The van der Waals surface area contributed by atoms with Gasteiger partial charge in [0, 0.05) is 6.54 Å². The van der Waals surface area contributed by atoms with Crippen LogP contribution in [0, 0.1) is 5.92 Å². The Bertz CT molecular complexity index is 708. The smallest absolute Gasteiger partial charge is 0.329 e. The van der Waals surface area contributed by atoms with E-state index in [1.54, 1.807) is 0 Å². The SMILES string of the molecule is CCOc1ccc(CCNC(=O)COC(=O)[C@H](CC(C)C)NC(N)=O)cc1OCC. The maximum Gasteiger partial charge on any atom is 0.329 e. The molecule has 0 saturated heterocycles. The second kappa shape index (κ2) is 13.3. The first-order valence-electron chi connectivity index (χ1n) is 10.1. The number of hydrogen-bond acceptors (Lipinski definition) is 6. The molecular weight excluding hydrogens is 390 g/mol. The number of carbonyl (C=O) groups is 3. The second-order valence-electron chi connectivity index (χ2n) is 7.05. The summed E-state index contributed by atoms with van der Waals surface area (Å²) in [6.07, 6.45) is 0.939. The van der Waals surface area contributed by atoms with Crippen LogP contribution >= 0.6 is 0 Å². The Kier molecular flexibility index (Phi) is 11.1. The van der Waals surface area contributed by atoms with E-state index in [1.165, 1.54) is 0 Å². The minimum Gasteiger partial charge on any atom is -0.490 e. The minimum absolute atomic E-state index is 0.138. The molecule has 0 radical (unpaired) electrons. The first-order valence-corrected chi connectivity index (χ1v) is 10.1. The summed E-state index contributed by atoms with van der Waals surface area (Å²) in [6, 6.07) is 3.94. The molecule has 0 heterocycles. The van der Waals surface area contributed by atoms with Gasteiger partial charge < -0.3 is 30.6 Å². The van der Waals surface area contributed by atoms with E-state index in [4.69, 9.17) is 19.9 Å². The number of ether oxygens (including phenoxy) is 3. The lowest BCUT2D eigenvalue weighted by atomic mass is 10.0. The first kappa shape index (κ1) is 25.1. The first-order chi connectivity index (χ1) is 14.3. The molecule has 0 aliphatic rings. The summed E-state index contributed by atoms with van der Waals surface area (Å²) < 4.78 is 16.1. The number of nitrogens with one attached hydrogen (secondary N) is 2. The summed E-state index contributed by atoms with van der Waals surface area (Å²) >= 11 is 0. The van der Waals surface area contributed by atoms with Crippen LogP contribution in [-0.4, -0.2) is 50.3 Å². The van der Waals surface area contributed by atoms with Crippen LogP contribution in [0.15, 0.2) is 18.2 Å². The van der Waals surface area contributed by atoms with Crippen molar-refractivity contribution in [2.75, 3.05) is 26.4 Å². The lowest BCUT2D eigenvalue weighted by Gasteiger charge is -2.18. The maximum atomic E-state index is 12.1. The molecule has 1 rings (SSSR count). The molecule has 1 aromatic rings. The van der Waals surface area contributed by atoms with Gasteiger partial charge in [0.25, 0.3) is 5.91 Å². The highest BCUT2D eigenvalue weighted by Gasteiger charge is 2.23. The number of primary amides is 1. The second-order valence-corrected chi connectivity index (χ2v) is 7.05. The Morgan fingerprint density at radius 2 is 1.73 bits per heavy atom. The number of carbonyl (C=O) groups excluding carboxylic acids is 3. The van der Waals surface area contributed by atoms with Crippen LogP contribution in [0.4, 0.5) is 4.79 Å². The summed E-state index contributed by atoms with van der Waals surface area (Å²) in [4.78, 5) is 35.1. The molecular formula is C21H33N3O6. The molecule has 0 aromatic heterocycles. The van der Waals surface area contributed by atoms with Crippen molar-refractivity contribution in [3.05, 3.63) is 23.8 Å². The normalized spacial score (nSPS) is 11.5. The van der Waals surface area contributed by atoms with Gasteiger partial charge in [0.2, 0.25) is 0 Å². The monoisotopic (exact) mass is 423 g/mol. The van der Waals surface area contributed by atoms with E-state index >= 15 is 0 Å². The van der Waals surface area contributed by atoms with Crippen LogP contribution in [0.2, 0.25) is 0 Å². The molecule has 30 heavy (non-hydrogen) atoms. The lowest BCUT2D eigenvalue weighted by molar-refractivity contribution is -0.150. The molecule has 1 aromatic carbocycles. The van der Waals surface area contributed by atoms with Crippen molar-refractivity contribution < 1.29 is 28.6 Å². The van der Waals surface area contributed by atoms with Crippen molar-refractivity contribution in [1.82, 2.24) is 10.6 Å². The highest BCUT2D eigenvalue weighted by Crippen LogP contribution is 2.28. The van der Waals surface area contributed by atoms with Gasteiger partial charge in [-0.3, -0.25) is 4.79 Å². The number of amides is 3. The molecule has 0 aliphatic heterocycles. The maximum absolute atomic E-state index is 12.1. The Balaban J connectivity index is 2.48. The summed E-state index contributed by atoms with van der Waals surface area (Å²) in [7, 11) is 0. The van der Waals surface area contributed by atoms with Gasteiger partial charge in [-0.15, -0.1) is 0 Å². The van der Waals surface area contributed by atoms with E-state index in [1.807, 2.05) is 45.9 Å². The van der Waals surface area contributed by atoms with Crippen molar-refractivity contribution in [2.24, 2.45) is 11.7 Å². The molecule has 3 amide bonds. The standard InChI is InChI=1S/C21H33N3O6/c1-5-28-17-8-7-15(12-18(17)29-6-2)9-10-23-19(25)13-30-20(26)16(11-14(3)4)24-21(22)27/h7-8,12,14,16H,5-6,9-11,13H2,1-4H3,(H,23,25)(H3,22,24,27)/t16-/m0/s1. The summed E-state index contributed by atoms with van der Waals surface area (Å²) in [5.74, 6) is 0.362. The van der Waals surface area contributed by atoms with Crippen molar-refractivity contribution in [2.45, 2.75) is 46.6 Å². The van der Waals surface area contributed by atoms with Gasteiger partial charge in [-0.25, -0.2) is 9.59 Å². The highest BCUT2D eigenvalue weighted by molar-refractivity contribution is 5.85. The van der Waals surface area contributed by atoms with Gasteiger partial charge in [0.15, 0.2) is 18.1 Å². The van der Waals surface area contributed by atoms with E-state index in [9.17, 15) is 14.4 Å². The average Bonchev–Trinajstić information content (AvgIpc) is 2.67. The van der Waals surface area contributed by atoms with E-state index in [-0.39, 0.29) is 5.92 Å². The summed E-state index contributed by atoms with van der Waals surface area (Å²) in [6.45, 7) is 8.60. The third-order valence-electron chi connectivity index (χ3n) is 4.00. The minimum atomic E-state index is -0.879. The predicted octanol–water partition coefficient (Wildman–Crippen LogP) is 1.77. The van der Waals surface area contributed by atoms with Gasteiger partial charge in [-0.2, -0.15) is 0 Å². The molecule has 9 nitrogen and oxygen atoms in total. The molecule has 0 spiro atoms. The Labute approximate surface area is 177 Å². The van der Waals surface area contributed by atoms with Gasteiger partial charge >= 0.3 is 12.0 Å². The molecule has 0 bridgehead atoms. The van der Waals surface area contributed by atoms with Crippen molar-refractivity contribution in [3.8, 4) is 11.5 Å². The lowest BCUT2D eigenvalue weighted by Crippen LogP contribution is -2.46. The highest BCUT2D eigenvalue weighted by atomic mass is 16.5. The number of hydrogen-bond donors (Lipinski definition) is 3. The fourth-order valence-electron chi connectivity index (χ4n) is 2.74. The Morgan fingerprint density at radius 3 is 2.33 bits per heavy atom. The molecule has 9 heteroatoms. The zero-order valence-corrected chi connectivity index (χ0v) is 18.2. The van der Waals surface area contributed by atoms with Crippen LogP contribution < -0.4 is 25.8 Å². The van der Waals surface area contributed by atoms with Crippen LogP contribution in [-0.2, 0) is 20.7 Å². The van der Waals surface area contributed by atoms with E-state index in [0.717, 1.165) is 5.56 Å². The molecule has 4 N–H and O–H groups in total. The number of esters is 1. The molecule has 0 saturated carbocycles. The fourth-order valence-corrected chi connectivity index (χ4v) is 2.74. The van der Waals surface area contributed by atoms with Crippen LogP contribution in [0.5, 0.6) is 11.5 Å². The molecule has 0 fully saturated rings. The fraction of sp³-hybridized carbons (Fsp3) is 0.571. The number of rotatable bonds is 13. The van der Waals surface area contributed by atoms with Crippen molar-refractivity contribution in [1.29, 1.82) is 0 Å². The van der Waals surface area contributed by atoms with Crippen LogP contribution in [0.25, 0.3) is 0 Å². The van der Waals surface area contributed by atoms with Crippen LogP contribution in [0.3, 0.4) is 0 Å². The summed E-state index contributed by atoms with van der Waals surface area (Å²) in [5, 5.41) is 5.04. The molecule has 168 valence electrons. The van der Waals surface area contributed by atoms with Gasteiger partial charge in [-0.1, -0.05) is 19.9 Å². The zero-order valence-electron chi connectivity index (χ0n) is 18.2. The Hall–Kier alpha value is -2.97. The van der Waals surface area contributed by atoms with Gasteiger partial charge in [0.1, 0.15) is 6.04 Å². The zero-order chi connectivity index (χ0) is 22.5.